The van der Waals surface area contributed by atoms with E-state index in [0.29, 0.717) is 11.5 Å². The van der Waals surface area contributed by atoms with E-state index in [2.05, 4.69) is 31.5 Å². The third-order valence-electron chi connectivity index (χ3n) is 2.47. The second-order valence-corrected chi connectivity index (χ2v) is 4.72. The number of halogens is 1. The van der Waals surface area contributed by atoms with Crippen LogP contribution >= 0.6 is 15.9 Å². The number of nitriles is 1. The van der Waals surface area contributed by atoms with Crippen molar-refractivity contribution in [3.8, 4) is 6.07 Å². The molecule has 0 saturated heterocycles. The first-order chi connectivity index (χ1) is 7.55. The van der Waals surface area contributed by atoms with Crippen LogP contribution in [0.15, 0.2) is 16.7 Å². The molecule has 2 rings (SSSR count). The first-order valence-electron chi connectivity index (χ1n) is 4.67. The highest BCUT2D eigenvalue weighted by atomic mass is 79.9. The van der Waals surface area contributed by atoms with Crippen molar-refractivity contribution in [2.75, 3.05) is 17.2 Å². The van der Waals surface area contributed by atoms with E-state index < -0.39 is 5.41 Å². The lowest BCUT2D eigenvalue weighted by molar-refractivity contribution is -0.121. The summed E-state index contributed by atoms with van der Waals surface area (Å²) in [6.07, 6.45) is 1.59. The number of anilines is 2. The van der Waals surface area contributed by atoms with Gasteiger partial charge in [0.1, 0.15) is 0 Å². The number of amides is 1. The fraction of sp³-hybridized carbons (Fsp3) is 0.300. The van der Waals surface area contributed by atoms with E-state index in [1.54, 1.807) is 13.1 Å². The van der Waals surface area contributed by atoms with Gasteiger partial charge in [-0.1, -0.05) is 0 Å². The van der Waals surface area contributed by atoms with Crippen molar-refractivity contribution < 1.29 is 4.79 Å². The average Bonchev–Trinajstić information content (AvgIpc) is 2.39. The summed E-state index contributed by atoms with van der Waals surface area (Å²) in [5.74, 6) is 0.114. The maximum absolute atomic E-state index is 11.8. The highest BCUT2D eigenvalue weighted by Crippen LogP contribution is 2.29. The first-order valence-corrected chi connectivity index (χ1v) is 5.46. The van der Waals surface area contributed by atoms with E-state index in [0.717, 1.165) is 4.47 Å². The number of aromatic nitrogens is 1. The number of nitrogens with zero attached hydrogens (tertiary/aromatic N) is 2. The second-order valence-electron chi connectivity index (χ2n) is 3.80. The summed E-state index contributed by atoms with van der Waals surface area (Å²) in [5, 5.41) is 14.7. The number of carbonyl (C=O) groups excluding carboxylic acids is 1. The Labute approximate surface area is 101 Å². The lowest BCUT2D eigenvalue weighted by Gasteiger charge is -2.16. The SMILES string of the molecule is CC1(C#N)CNc2cc(Br)cnc2NC1=O. The largest absolute Gasteiger partial charge is 0.380 e. The van der Waals surface area contributed by atoms with Crippen LogP contribution in [0.4, 0.5) is 11.5 Å². The highest BCUT2D eigenvalue weighted by molar-refractivity contribution is 9.10. The Hall–Kier alpha value is -1.61. The van der Waals surface area contributed by atoms with Gasteiger partial charge in [0.05, 0.1) is 11.8 Å². The number of fused-ring (bicyclic) bond motifs is 1. The van der Waals surface area contributed by atoms with Crippen LogP contribution in [-0.4, -0.2) is 17.4 Å². The van der Waals surface area contributed by atoms with Crippen molar-refractivity contribution in [3.05, 3.63) is 16.7 Å². The summed E-state index contributed by atoms with van der Waals surface area (Å²) in [7, 11) is 0. The molecule has 0 bridgehead atoms. The van der Waals surface area contributed by atoms with Crippen molar-refractivity contribution in [3.63, 3.8) is 0 Å². The predicted octanol–water partition coefficient (Wildman–Crippen LogP) is 1.74. The Balaban J connectivity index is 2.42. The molecule has 0 spiro atoms. The normalized spacial score (nSPS) is 23.4. The third-order valence-corrected chi connectivity index (χ3v) is 2.90. The topological polar surface area (TPSA) is 77.8 Å². The van der Waals surface area contributed by atoms with Crippen LogP contribution < -0.4 is 10.6 Å². The van der Waals surface area contributed by atoms with E-state index in [9.17, 15) is 4.79 Å². The fourth-order valence-electron chi connectivity index (χ4n) is 1.36. The molecule has 1 atom stereocenters. The minimum absolute atomic E-state index is 0.264. The molecular weight excluding hydrogens is 272 g/mol. The van der Waals surface area contributed by atoms with Gasteiger partial charge in [-0.05, 0) is 28.9 Å². The van der Waals surface area contributed by atoms with Gasteiger partial charge >= 0.3 is 0 Å². The zero-order valence-electron chi connectivity index (χ0n) is 8.54. The summed E-state index contributed by atoms with van der Waals surface area (Å²) in [5.41, 5.74) is -0.366. The van der Waals surface area contributed by atoms with Crippen molar-refractivity contribution in [2.24, 2.45) is 5.41 Å². The number of nitrogens with one attached hydrogen (secondary N) is 2. The van der Waals surface area contributed by atoms with Crippen LogP contribution in [0.5, 0.6) is 0 Å². The summed E-state index contributed by atoms with van der Waals surface area (Å²) in [6, 6.07) is 3.82. The molecule has 0 aromatic carbocycles. The molecule has 1 amide bonds. The molecule has 82 valence electrons. The Kier molecular flexibility index (Phi) is 2.56. The van der Waals surface area contributed by atoms with Gasteiger partial charge in [-0.25, -0.2) is 4.98 Å². The van der Waals surface area contributed by atoms with Crippen molar-refractivity contribution in [1.29, 1.82) is 5.26 Å². The number of rotatable bonds is 0. The zero-order chi connectivity index (χ0) is 11.8. The molecule has 2 N–H and O–H groups in total. The van der Waals surface area contributed by atoms with Gasteiger partial charge in [0.25, 0.3) is 0 Å². The maximum atomic E-state index is 11.8. The average molecular weight is 281 g/mol. The first kappa shape index (κ1) is 10.9. The van der Waals surface area contributed by atoms with Crippen molar-refractivity contribution in [1.82, 2.24) is 4.98 Å². The number of carbonyl (C=O) groups is 1. The molecule has 6 heteroatoms. The Bertz CT molecular complexity index is 496. The minimum atomic E-state index is -1.08. The Morgan fingerprint density at radius 2 is 2.44 bits per heavy atom. The van der Waals surface area contributed by atoms with Crippen LogP contribution in [0.1, 0.15) is 6.92 Å². The molecule has 1 aromatic rings. The minimum Gasteiger partial charge on any atom is -0.380 e. The van der Waals surface area contributed by atoms with Crippen molar-refractivity contribution in [2.45, 2.75) is 6.92 Å². The molecule has 1 aliphatic rings. The summed E-state index contributed by atoms with van der Waals surface area (Å²) < 4.78 is 0.813. The van der Waals surface area contributed by atoms with Gasteiger partial charge in [0.2, 0.25) is 5.91 Å². The monoisotopic (exact) mass is 280 g/mol. The number of hydrogen-bond donors (Lipinski definition) is 2. The molecule has 16 heavy (non-hydrogen) atoms. The van der Waals surface area contributed by atoms with Gasteiger partial charge in [0, 0.05) is 17.2 Å². The lowest BCUT2D eigenvalue weighted by Crippen LogP contribution is -2.35. The van der Waals surface area contributed by atoms with Gasteiger partial charge in [0.15, 0.2) is 11.2 Å². The molecule has 5 nitrogen and oxygen atoms in total. The van der Waals surface area contributed by atoms with Crippen molar-refractivity contribution >= 4 is 33.3 Å². The van der Waals surface area contributed by atoms with Gasteiger partial charge < -0.3 is 10.6 Å². The summed E-state index contributed by atoms with van der Waals surface area (Å²) in [6.45, 7) is 1.86. The summed E-state index contributed by atoms with van der Waals surface area (Å²) in [4.78, 5) is 15.9. The lowest BCUT2D eigenvalue weighted by atomic mass is 9.92. The predicted molar refractivity (Wildman–Crippen MR) is 62.8 cm³/mol. The Morgan fingerprint density at radius 1 is 1.69 bits per heavy atom. The quantitative estimate of drug-likeness (QED) is 0.759. The van der Waals surface area contributed by atoms with Gasteiger partial charge in [-0.3, -0.25) is 4.79 Å². The molecule has 1 unspecified atom stereocenters. The molecule has 0 radical (unpaired) electrons. The summed E-state index contributed by atoms with van der Waals surface area (Å²) >= 11 is 3.30. The van der Waals surface area contributed by atoms with E-state index in [-0.39, 0.29) is 12.5 Å². The molecular formula is C10H9BrN4O. The molecule has 2 heterocycles. The smallest absolute Gasteiger partial charge is 0.247 e. The van der Waals surface area contributed by atoms with Gasteiger partial charge in [-0.15, -0.1) is 0 Å². The maximum Gasteiger partial charge on any atom is 0.247 e. The van der Waals surface area contributed by atoms with Crippen LogP contribution in [0.25, 0.3) is 0 Å². The molecule has 0 aliphatic carbocycles. The second kappa shape index (κ2) is 3.76. The van der Waals surface area contributed by atoms with Crippen LogP contribution in [0, 0.1) is 16.7 Å². The standard InChI is InChI=1S/C10H9BrN4O/c1-10(4-12)5-14-7-2-6(11)3-13-8(7)15-9(10)16/h2-3,14H,5H2,1H3,(H,13,15,16). The fourth-order valence-corrected chi connectivity index (χ4v) is 1.69. The van der Waals surface area contributed by atoms with E-state index in [1.807, 2.05) is 12.1 Å². The van der Waals surface area contributed by atoms with E-state index in [4.69, 9.17) is 5.26 Å². The van der Waals surface area contributed by atoms with Crippen LogP contribution in [-0.2, 0) is 4.79 Å². The Morgan fingerprint density at radius 3 is 3.12 bits per heavy atom. The molecule has 0 fully saturated rings. The number of hydrogen-bond acceptors (Lipinski definition) is 4. The van der Waals surface area contributed by atoms with E-state index >= 15 is 0 Å². The van der Waals surface area contributed by atoms with Crippen LogP contribution in [0.3, 0.4) is 0 Å². The molecule has 1 aromatic heterocycles. The third kappa shape index (κ3) is 1.74. The number of pyridine rings is 1. The molecule has 1 aliphatic heterocycles. The van der Waals surface area contributed by atoms with Crippen LogP contribution in [0.2, 0.25) is 0 Å². The highest BCUT2D eigenvalue weighted by Gasteiger charge is 2.36. The molecule has 0 saturated carbocycles. The van der Waals surface area contributed by atoms with E-state index in [1.165, 1.54) is 0 Å². The van der Waals surface area contributed by atoms with Gasteiger partial charge in [-0.2, -0.15) is 5.26 Å². The zero-order valence-corrected chi connectivity index (χ0v) is 10.1.